The smallest absolute Gasteiger partial charge is 0.277 e. The van der Waals surface area contributed by atoms with Crippen LogP contribution in [-0.2, 0) is 11.2 Å². The fourth-order valence-electron chi connectivity index (χ4n) is 2.15. The van der Waals surface area contributed by atoms with Crippen molar-refractivity contribution in [2.45, 2.75) is 30.7 Å². The number of hydrogen-bond donors (Lipinski definition) is 0. The van der Waals surface area contributed by atoms with Crippen molar-refractivity contribution in [2.75, 3.05) is 21.2 Å². The highest BCUT2D eigenvalue weighted by atomic mass is 32.2. The van der Waals surface area contributed by atoms with Gasteiger partial charge in [-0.25, -0.2) is 0 Å². The molecule has 7 heteroatoms. The number of benzene rings is 1. The second-order valence-corrected chi connectivity index (χ2v) is 7.10. The van der Waals surface area contributed by atoms with E-state index in [1.807, 2.05) is 38.1 Å². The first-order valence-corrected chi connectivity index (χ1v) is 8.61. The number of carbonyl (C=O) groups excluding carboxylic acids is 1. The van der Waals surface area contributed by atoms with Crippen LogP contribution < -0.4 is 4.74 Å². The standard InChI is InChI=1S/C17H23N3O3S/c1-11(2)15(16(21)20(3)4)24-17-19-18-14(23-17)10-12-7-6-8-13(9-12)22-5/h6-9,11,15H,10H2,1-5H3. The molecule has 0 N–H and O–H groups in total. The van der Waals surface area contributed by atoms with Crippen LogP contribution in [0.2, 0.25) is 0 Å². The van der Waals surface area contributed by atoms with E-state index in [0.717, 1.165) is 11.3 Å². The summed E-state index contributed by atoms with van der Waals surface area (Å²) in [6.07, 6.45) is 0.527. The lowest BCUT2D eigenvalue weighted by Crippen LogP contribution is -2.34. The fraction of sp³-hybridized carbons (Fsp3) is 0.471. The van der Waals surface area contributed by atoms with E-state index in [1.165, 1.54) is 11.8 Å². The molecule has 1 heterocycles. The minimum absolute atomic E-state index is 0.0440. The zero-order valence-electron chi connectivity index (χ0n) is 14.6. The molecule has 0 aliphatic heterocycles. The number of carbonyl (C=O) groups is 1. The monoisotopic (exact) mass is 349 g/mol. The highest BCUT2D eigenvalue weighted by Crippen LogP contribution is 2.28. The molecule has 0 radical (unpaired) electrons. The van der Waals surface area contributed by atoms with Crippen molar-refractivity contribution in [3.63, 3.8) is 0 Å². The molecule has 6 nitrogen and oxygen atoms in total. The summed E-state index contributed by atoms with van der Waals surface area (Å²) in [5.74, 6) is 1.52. The van der Waals surface area contributed by atoms with Gasteiger partial charge in [-0.1, -0.05) is 37.7 Å². The lowest BCUT2D eigenvalue weighted by Gasteiger charge is -2.21. The normalized spacial score (nSPS) is 12.2. The number of nitrogens with zero attached hydrogens (tertiary/aromatic N) is 3. The van der Waals surface area contributed by atoms with Crippen molar-refractivity contribution < 1.29 is 13.9 Å². The van der Waals surface area contributed by atoms with E-state index in [1.54, 1.807) is 26.1 Å². The number of rotatable bonds is 7. The molecule has 0 fully saturated rings. The molecule has 24 heavy (non-hydrogen) atoms. The second kappa shape index (κ2) is 8.19. The molecule has 130 valence electrons. The van der Waals surface area contributed by atoms with Gasteiger partial charge in [-0.15, -0.1) is 10.2 Å². The molecule has 1 aromatic heterocycles. The van der Waals surface area contributed by atoms with Crippen LogP contribution in [0, 0.1) is 5.92 Å². The Balaban J connectivity index is 2.07. The number of ether oxygens (including phenoxy) is 1. The molecule has 0 saturated carbocycles. The molecule has 2 aromatic rings. The number of methoxy groups -OCH3 is 1. The molecule has 1 aromatic carbocycles. The first-order chi connectivity index (χ1) is 11.4. The Morgan fingerprint density at radius 1 is 1.33 bits per heavy atom. The Morgan fingerprint density at radius 2 is 2.08 bits per heavy atom. The summed E-state index contributed by atoms with van der Waals surface area (Å²) in [6, 6.07) is 7.72. The van der Waals surface area contributed by atoms with Gasteiger partial charge in [0, 0.05) is 14.1 Å². The summed E-state index contributed by atoms with van der Waals surface area (Å²) < 4.78 is 10.9. The van der Waals surface area contributed by atoms with Crippen LogP contribution in [0.5, 0.6) is 5.75 Å². The molecule has 1 atom stereocenters. The van der Waals surface area contributed by atoms with Crippen LogP contribution in [0.4, 0.5) is 0 Å². The fourth-order valence-corrected chi connectivity index (χ4v) is 3.18. The van der Waals surface area contributed by atoms with Crippen molar-refractivity contribution >= 4 is 17.7 Å². The van der Waals surface area contributed by atoms with Crippen LogP contribution in [0.15, 0.2) is 33.9 Å². The van der Waals surface area contributed by atoms with E-state index in [9.17, 15) is 4.79 Å². The van der Waals surface area contributed by atoms with E-state index in [-0.39, 0.29) is 17.1 Å². The third-order valence-corrected chi connectivity index (χ3v) is 4.82. The Morgan fingerprint density at radius 3 is 2.71 bits per heavy atom. The zero-order valence-corrected chi connectivity index (χ0v) is 15.5. The quantitative estimate of drug-likeness (QED) is 0.716. The van der Waals surface area contributed by atoms with Crippen LogP contribution in [0.1, 0.15) is 25.3 Å². The Labute approximate surface area is 146 Å². The summed E-state index contributed by atoms with van der Waals surface area (Å²) in [5.41, 5.74) is 1.03. The number of aromatic nitrogens is 2. The van der Waals surface area contributed by atoms with Gasteiger partial charge in [0.2, 0.25) is 11.8 Å². The van der Waals surface area contributed by atoms with Gasteiger partial charge in [0.25, 0.3) is 5.22 Å². The third-order valence-electron chi connectivity index (χ3n) is 3.46. The first kappa shape index (κ1) is 18.3. The summed E-state index contributed by atoms with van der Waals surface area (Å²) in [6.45, 7) is 4.01. The summed E-state index contributed by atoms with van der Waals surface area (Å²) >= 11 is 1.32. The largest absolute Gasteiger partial charge is 0.497 e. The van der Waals surface area contributed by atoms with Crippen molar-refractivity contribution in [1.82, 2.24) is 15.1 Å². The van der Waals surface area contributed by atoms with Crippen LogP contribution in [0.25, 0.3) is 0 Å². The van der Waals surface area contributed by atoms with Crippen molar-refractivity contribution in [1.29, 1.82) is 0 Å². The third kappa shape index (κ3) is 4.74. The van der Waals surface area contributed by atoms with Crippen molar-refractivity contribution in [2.24, 2.45) is 5.92 Å². The molecule has 0 spiro atoms. The SMILES string of the molecule is COc1cccc(Cc2nnc(SC(C(=O)N(C)C)C(C)C)o2)c1. The Kier molecular flexibility index (Phi) is 6.25. The summed E-state index contributed by atoms with van der Waals surface area (Å²) in [7, 11) is 5.13. The van der Waals surface area contributed by atoms with Gasteiger partial charge in [0.1, 0.15) is 5.75 Å². The number of hydrogen-bond acceptors (Lipinski definition) is 6. The van der Waals surface area contributed by atoms with Gasteiger partial charge in [-0.3, -0.25) is 4.79 Å². The molecule has 0 aliphatic rings. The summed E-state index contributed by atoms with van der Waals surface area (Å²) in [5, 5.41) is 8.32. The van der Waals surface area contributed by atoms with Crippen LogP contribution in [-0.4, -0.2) is 47.5 Å². The van der Waals surface area contributed by atoms with Gasteiger partial charge in [-0.2, -0.15) is 0 Å². The van der Waals surface area contributed by atoms with E-state index in [4.69, 9.17) is 9.15 Å². The Bertz CT molecular complexity index is 685. The number of thioether (sulfide) groups is 1. The molecule has 1 amide bonds. The predicted molar refractivity (Wildman–Crippen MR) is 93.3 cm³/mol. The minimum atomic E-state index is -0.245. The maximum atomic E-state index is 12.3. The Hall–Kier alpha value is -2.02. The molecule has 2 rings (SSSR count). The van der Waals surface area contributed by atoms with Gasteiger partial charge in [0.15, 0.2) is 0 Å². The van der Waals surface area contributed by atoms with E-state index < -0.39 is 0 Å². The van der Waals surface area contributed by atoms with E-state index in [0.29, 0.717) is 17.5 Å². The molecular formula is C17H23N3O3S. The van der Waals surface area contributed by atoms with Gasteiger partial charge < -0.3 is 14.1 Å². The van der Waals surface area contributed by atoms with Gasteiger partial charge in [-0.05, 0) is 23.6 Å². The van der Waals surface area contributed by atoms with Gasteiger partial charge >= 0.3 is 0 Å². The van der Waals surface area contributed by atoms with E-state index >= 15 is 0 Å². The highest BCUT2D eigenvalue weighted by molar-refractivity contribution is 8.00. The molecule has 0 saturated heterocycles. The molecule has 0 aliphatic carbocycles. The predicted octanol–water partition coefficient (Wildman–Crippen LogP) is 2.87. The highest BCUT2D eigenvalue weighted by Gasteiger charge is 2.27. The zero-order chi connectivity index (χ0) is 17.7. The average Bonchev–Trinajstić information content (AvgIpc) is 2.99. The topological polar surface area (TPSA) is 68.5 Å². The van der Waals surface area contributed by atoms with Crippen molar-refractivity contribution in [3.05, 3.63) is 35.7 Å². The lowest BCUT2D eigenvalue weighted by atomic mass is 10.1. The average molecular weight is 349 g/mol. The molecular weight excluding hydrogens is 326 g/mol. The van der Waals surface area contributed by atoms with Crippen molar-refractivity contribution in [3.8, 4) is 5.75 Å². The van der Waals surface area contributed by atoms with Crippen LogP contribution >= 0.6 is 11.8 Å². The van der Waals surface area contributed by atoms with E-state index in [2.05, 4.69) is 10.2 Å². The first-order valence-electron chi connectivity index (χ1n) is 7.74. The maximum Gasteiger partial charge on any atom is 0.277 e. The number of amides is 1. The second-order valence-electron chi connectivity index (χ2n) is 6.01. The lowest BCUT2D eigenvalue weighted by molar-refractivity contribution is -0.128. The summed E-state index contributed by atoms with van der Waals surface area (Å²) in [4.78, 5) is 13.8. The molecule has 1 unspecified atom stereocenters. The minimum Gasteiger partial charge on any atom is -0.497 e. The van der Waals surface area contributed by atoms with Gasteiger partial charge in [0.05, 0.1) is 18.8 Å². The molecule has 0 bridgehead atoms. The maximum absolute atomic E-state index is 12.3. The van der Waals surface area contributed by atoms with Crippen LogP contribution in [0.3, 0.4) is 0 Å².